The lowest BCUT2D eigenvalue weighted by Gasteiger charge is -2.23. The number of rotatable bonds is 3. The van der Waals surface area contributed by atoms with E-state index in [1.54, 1.807) is 12.1 Å². The van der Waals surface area contributed by atoms with Crippen LogP contribution in [-0.4, -0.2) is 19.7 Å². The fraction of sp³-hybridized carbons (Fsp3) is 0.409. The number of sulfone groups is 1. The van der Waals surface area contributed by atoms with Crippen LogP contribution in [0.2, 0.25) is 0 Å². The molecule has 1 aromatic heterocycles. The summed E-state index contributed by atoms with van der Waals surface area (Å²) in [5, 5.41) is 0. The van der Waals surface area contributed by atoms with E-state index in [1.807, 2.05) is 0 Å². The maximum absolute atomic E-state index is 12.9. The molecule has 4 rings (SSSR count). The molecule has 1 fully saturated rings. The SMILES string of the molecule is CS(=O)(=O)c1ccc(C2=C(c3ccc(C(F)(F)F)cc3)CC3(CCCC3)C2)nc1. The second-order valence-electron chi connectivity index (χ2n) is 8.24. The van der Waals surface area contributed by atoms with Gasteiger partial charge in [0.1, 0.15) is 0 Å². The molecule has 7 heteroatoms. The zero-order chi connectivity index (χ0) is 20.9. The van der Waals surface area contributed by atoms with E-state index in [9.17, 15) is 21.6 Å². The highest BCUT2D eigenvalue weighted by Gasteiger charge is 2.42. The van der Waals surface area contributed by atoms with Gasteiger partial charge in [0, 0.05) is 12.5 Å². The molecule has 0 aliphatic heterocycles. The fourth-order valence-electron chi connectivity index (χ4n) is 4.66. The van der Waals surface area contributed by atoms with Crippen LogP contribution in [0.1, 0.15) is 55.3 Å². The van der Waals surface area contributed by atoms with Gasteiger partial charge < -0.3 is 0 Å². The van der Waals surface area contributed by atoms with Gasteiger partial charge in [0.05, 0.1) is 16.2 Å². The van der Waals surface area contributed by atoms with E-state index >= 15 is 0 Å². The van der Waals surface area contributed by atoms with Crippen LogP contribution in [0.3, 0.4) is 0 Å². The third-order valence-electron chi connectivity index (χ3n) is 6.17. The molecule has 0 saturated heterocycles. The van der Waals surface area contributed by atoms with Crippen LogP contribution in [0.15, 0.2) is 47.5 Å². The van der Waals surface area contributed by atoms with Crippen molar-refractivity contribution < 1.29 is 21.6 Å². The third-order valence-corrected chi connectivity index (χ3v) is 7.26. The summed E-state index contributed by atoms with van der Waals surface area (Å²) < 4.78 is 62.3. The Bertz CT molecular complexity index is 1050. The van der Waals surface area contributed by atoms with E-state index in [-0.39, 0.29) is 10.3 Å². The Morgan fingerprint density at radius 2 is 1.55 bits per heavy atom. The minimum absolute atomic E-state index is 0.143. The highest BCUT2D eigenvalue weighted by molar-refractivity contribution is 7.90. The smallest absolute Gasteiger partial charge is 0.255 e. The number of hydrogen-bond acceptors (Lipinski definition) is 3. The van der Waals surface area contributed by atoms with E-state index < -0.39 is 21.6 Å². The van der Waals surface area contributed by atoms with E-state index in [0.717, 1.165) is 73.6 Å². The number of allylic oxidation sites excluding steroid dienone is 2. The summed E-state index contributed by atoms with van der Waals surface area (Å²) in [6.45, 7) is 0. The van der Waals surface area contributed by atoms with E-state index in [1.165, 1.54) is 18.3 Å². The molecule has 0 unspecified atom stereocenters. The summed E-state index contributed by atoms with van der Waals surface area (Å²) in [6, 6.07) is 8.59. The van der Waals surface area contributed by atoms with Crippen LogP contribution in [-0.2, 0) is 16.0 Å². The molecule has 2 aliphatic carbocycles. The zero-order valence-corrected chi connectivity index (χ0v) is 16.9. The molecule has 1 saturated carbocycles. The largest absolute Gasteiger partial charge is 0.416 e. The standard InChI is InChI=1S/C22H22F3NO2S/c1-29(27,28)17-8-9-20(26-14-17)19-13-21(10-2-3-11-21)12-18(19)15-4-6-16(7-5-15)22(23,24)25/h4-9,14H,2-3,10-13H2,1H3. The molecule has 0 amide bonds. The lowest BCUT2D eigenvalue weighted by molar-refractivity contribution is -0.137. The highest BCUT2D eigenvalue weighted by Crippen LogP contribution is 2.57. The molecule has 0 bridgehead atoms. The van der Waals surface area contributed by atoms with Gasteiger partial charge in [-0.05, 0) is 72.1 Å². The van der Waals surface area contributed by atoms with Gasteiger partial charge >= 0.3 is 6.18 Å². The number of alkyl halides is 3. The van der Waals surface area contributed by atoms with Crippen molar-refractivity contribution in [1.29, 1.82) is 0 Å². The number of pyridine rings is 1. The first-order valence-corrected chi connectivity index (χ1v) is 11.5. The van der Waals surface area contributed by atoms with Crippen LogP contribution in [0.5, 0.6) is 0 Å². The van der Waals surface area contributed by atoms with E-state index in [4.69, 9.17) is 0 Å². The maximum Gasteiger partial charge on any atom is 0.416 e. The maximum atomic E-state index is 12.9. The van der Waals surface area contributed by atoms with E-state index in [2.05, 4.69) is 4.98 Å². The molecule has 1 aromatic carbocycles. The van der Waals surface area contributed by atoms with E-state index in [0.29, 0.717) is 5.69 Å². The summed E-state index contributed by atoms with van der Waals surface area (Å²) >= 11 is 0. The molecule has 0 N–H and O–H groups in total. The molecule has 1 spiro atoms. The summed E-state index contributed by atoms with van der Waals surface area (Å²) in [5.74, 6) is 0. The van der Waals surface area contributed by atoms with Crippen LogP contribution in [0.4, 0.5) is 13.2 Å². The summed E-state index contributed by atoms with van der Waals surface area (Å²) in [4.78, 5) is 4.56. The minimum atomic E-state index is -4.36. The van der Waals surface area contributed by atoms with Crippen LogP contribution in [0.25, 0.3) is 11.1 Å². The van der Waals surface area contributed by atoms with Gasteiger partial charge in [-0.15, -0.1) is 0 Å². The highest BCUT2D eigenvalue weighted by atomic mass is 32.2. The molecular weight excluding hydrogens is 399 g/mol. The van der Waals surface area contributed by atoms with Crippen LogP contribution in [0, 0.1) is 5.41 Å². The first kappa shape index (κ1) is 20.1. The zero-order valence-electron chi connectivity index (χ0n) is 16.1. The Balaban J connectivity index is 1.76. The van der Waals surface area contributed by atoms with Gasteiger partial charge in [-0.3, -0.25) is 4.98 Å². The number of hydrogen-bond donors (Lipinski definition) is 0. The lowest BCUT2D eigenvalue weighted by Crippen LogP contribution is -2.11. The van der Waals surface area contributed by atoms with Gasteiger partial charge in [-0.2, -0.15) is 13.2 Å². The monoisotopic (exact) mass is 421 g/mol. The molecule has 2 aliphatic rings. The van der Waals surface area contributed by atoms with Crippen molar-refractivity contribution in [3.63, 3.8) is 0 Å². The average Bonchev–Trinajstić information content (AvgIpc) is 3.28. The van der Waals surface area contributed by atoms with Gasteiger partial charge in [-0.1, -0.05) is 25.0 Å². The van der Waals surface area contributed by atoms with Crippen molar-refractivity contribution in [3.8, 4) is 0 Å². The summed E-state index contributed by atoms with van der Waals surface area (Å²) in [6.07, 6.45) is 4.31. The van der Waals surface area contributed by atoms with Crippen molar-refractivity contribution in [2.45, 2.75) is 49.6 Å². The molecule has 0 radical (unpaired) electrons. The van der Waals surface area contributed by atoms with Crippen LogP contribution < -0.4 is 0 Å². The average molecular weight is 421 g/mol. The molecule has 3 nitrogen and oxygen atoms in total. The molecule has 1 heterocycles. The van der Waals surface area contributed by atoms with Crippen molar-refractivity contribution >= 4 is 21.0 Å². The van der Waals surface area contributed by atoms with Crippen molar-refractivity contribution in [2.75, 3.05) is 6.26 Å². The first-order valence-electron chi connectivity index (χ1n) is 9.64. The molecule has 0 atom stereocenters. The number of nitrogens with zero attached hydrogens (tertiary/aromatic N) is 1. The predicted octanol–water partition coefficient (Wildman–Crippen LogP) is 5.77. The van der Waals surface area contributed by atoms with Gasteiger partial charge in [-0.25, -0.2) is 8.42 Å². The molecule has 154 valence electrons. The first-order chi connectivity index (χ1) is 13.6. The quantitative estimate of drug-likeness (QED) is 0.632. The fourth-order valence-corrected chi connectivity index (χ4v) is 5.22. The lowest BCUT2D eigenvalue weighted by atomic mass is 9.81. The molecule has 2 aromatic rings. The second-order valence-corrected chi connectivity index (χ2v) is 10.3. The Morgan fingerprint density at radius 1 is 0.931 bits per heavy atom. The predicted molar refractivity (Wildman–Crippen MR) is 106 cm³/mol. The second kappa shape index (κ2) is 6.97. The Morgan fingerprint density at radius 3 is 2.07 bits per heavy atom. The molecule has 29 heavy (non-hydrogen) atoms. The Hall–Kier alpha value is -2.15. The topological polar surface area (TPSA) is 47.0 Å². The number of aromatic nitrogens is 1. The third kappa shape index (κ3) is 3.97. The minimum Gasteiger partial charge on any atom is -0.255 e. The van der Waals surface area contributed by atoms with Gasteiger partial charge in [0.25, 0.3) is 0 Å². The Labute approximate surface area is 168 Å². The van der Waals surface area contributed by atoms with Crippen molar-refractivity contribution in [3.05, 3.63) is 59.4 Å². The summed E-state index contributed by atoms with van der Waals surface area (Å²) in [7, 11) is -3.33. The van der Waals surface area contributed by atoms with Gasteiger partial charge in [0.15, 0.2) is 9.84 Å². The molecular formula is C22H22F3NO2S. The number of halogens is 3. The van der Waals surface area contributed by atoms with Crippen molar-refractivity contribution in [2.24, 2.45) is 5.41 Å². The summed E-state index contributed by atoms with van der Waals surface area (Å²) in [5.41, 5.74) is 3.02. The van der Waals surface area contributed by atoms with Crippen LogP contribution >= 0.6 is 0 Å². The normalized spacial score (nSPS) is 19.3. The van der Waals surface area contributed by atoms with Gasteiger partial charge in [0.2, 0.25) is 0 Å². The number of benzene rings is 1. The van der Waals surface area contributed by atoms with Crippen molar-refractivity contribution in [1.82, 2.24) is 4.98 Å². The Kier molecular flexibility index (Phi) is 4.84.